The van der Waals surface area contributed by atoms with Crippen molar-refractivity contribution in [2.75, 3.05) is 20.0 Å². The minimum absolute atomic E-state index is 0.136. The van der Waals surface area contributed by atoms with E-state index in [1.54, 1.807) is 26.8 Å². The van der Waals surface area contributed by atoms with Gasteiger partial charge < -0.3 is 10.5 Å². The first kappa shape index (κ1) is 15.8. The van der Waals surface area contributed by atoms with E-state index in [1.807, 2.05) is 0 Å². The number of halogens is 3. The van der Waals surface area contributed by atoms with Crippen LogP contribution < -0.4 is 5.73 Å². The first-order valence-corrected chi connectivity index (χ1v) is 5.99. The van der Waals surface area contributed by atoms with Gasteiger partial charge >= 0.3 is 0 Å². The molecule has 0 aromatic rings. The summed E-state index contributed by atoms with van der Waals surface area (Å²) in [7, 11) is 0. The maximum Gasteiger partial charge on any atom is 0.181 e. The Morgan fingerprint density at radius 3 is 2.32 bits per heavy atom. The second-order valence-corrected chi connectivity index (χ2v) is 4.66. The standard InChI is InChI=1S/C13H19F3N2O/c1-4-9(10(16)5-2)12(3)8-19-13(6-14,7-15)11(17)18-12/h4-5H,6-8H2,1-3H3,(H2,17,18). The van der Waals surface area contributed by atoms with Gasteiger partial charge in [-0.25, -0.2) is 13.2 Å². The van der Waals surface area contributed by atoms with Crippen molar-refractivity contribution in [1.82, 2.24) is 0 Å². The molecule has 0 aromatic heterocycles. The minimum atomic E-state index is -1.83. The van der Waals surface area contributed by atoms with Crippen LogP contribution in [0.2, 0.25) is 0 Å². The highest BCUT2D eigenvalue weighted by atomic mass is 19.1. The normalized spacial score (nSPS) is 28.2. The zero-order valence-electron chi connectivity index (χ0n) is 11.3. The van der Waals surface area contributed by atoms with Crippen LogP contribution in [0.15, 0.2) is 28.5 Å². The predicted molar refractivity (Wildman–Crippen MR) is 69.3 cm³/mol. The Labute approximate surface area is 111 Å². The Balaban J connectivity index is 3.22. The highest BCUT2D eigenvalue weighted by Gasteiger charge is 2.46. The van der Waals surface area contributed by atoms with Crippen LogP contribution in [0, 0.1) is 0 Å². The SMILES string of the molecule is CC=C(F)C(=CC)C1(C)COC(CF)(CF)C(N)=N1. The van der Waals surface area contributed by atoms with Crippen molar-refractivity contribution < 1.29 is 17.9 Å². The average molecular weight is 276 g/mol. The van der Waals surface area contributed by atoms with Crippen molar-refractivity contribution in [1.29, 1.82) is 0 Å². The summed E-state index contributed by atoms with van der Waals surface area (Å²) in [6.07, 6.45) is 2.84. The lowest BCUT2D eigenvalue weighted by Crippen LogP contribution is -2.57. The molecule has 1 heterocycles. The van der Waals surface area contributed by atoms with Crippen LogP contribution in [0.5, 0.6) is 0 Å². The summed E-state index contributed by atoms with van der Waals surface area (Å²) in [6, 6.07) is 0. The number of nitrogens with zero attached hydrogens (tertiary/aromatic N) is 1. The number of rotatable bonds is 4. The van der Waals surface area contributed by atoms with Gasteiger partial charge in [0.1, 0.15) is 30.6 Å². The molecular weight excluding hydrogens is 257 g/mol. The molecular formula is C13H19F3N2O. The Hall–Kier alpha value is -1.30. The Morgan fingerprint density at radius 2 is 1.95 bits per heavy atom. The quantitative estimate of drug-likeness (QED) is 0.802. The van der Waals surface area contributed by atoms with Crippen LogP contribution in [0.25, 0.3) is 0 Å². The maximum atomic E-state index is 13.8. The maximum absolute atomic E-state index is 13.8. The lowest BCUT2D eigenvalue weighted by atomic mass is 9.89. The summed E-state index contributed by atoms with van der Waals surface area (Å²) in [5.74, 6) is -0.743. The molecule has 0 radical (unpaired) electrons. The number of hydrogen-bond acceptors (Lipinski definition) is 3. The molecule has 108 valence electrons. The van der Waals surface area contributed by atoms with Crippen molar-refractivity contribution in [3.63, 3.8) is 0 Å². The fourth-order valence-electron chi connectivity index (χ4n) is 2.00. The Morgan fingerprint density at radius 1 is 1.37 bits per heavy atom. The molecule has 0 amide bonds. The third kappa shape index (κ3) is 2.68. The van der Waals surface area contributed by atoms with Crippen molar-refractivity contribution in [2.24, 2.45) is 10.7 Å². The van der Waals surface area contributed by atoms with Crippen molar-refractivity contribution >= 4 is 5.84 Å². The smallest absolute Gasteiger partial charge is 0.181 e. The Kier molecular flexibility index (Phi) is 4.79. The molecule has 2 N–H and O–H groups in total. The molecule has 0 aliphatic carbocycles. The fraction of sp³-hybridized carbons (Fsp3) is 0.615. The summed E-state index contributed by atoms with van der Waals surface area (Å²) in [6.45, 7) is 2.47. The summed E-state index contributed by atoms with van der Waals surface area (Å²) in [5.41, 5.74) is 2.99. The van der Waals surface area contributed by atoms with E-state index in [0.717, 1.165) is 0 Å². The molecule has 19 heavy (non-hydrogen) atoms. The summed E-state index contributed by atoms with van der Waals surface area (Å²) in [4.78, 5) is 4.09. The first-order chi connectivity index (χ1) is 8.89. The zero-order valence-corrected chi connectivity index (χ0v) is 11.3. The largest absolute Gasteiger partial charge is 0.385 e. The molecule has 6 heteroatoms. The number of hydrogen-bond donors (Lipinski definition) is 1. The summed E-state index contributed by atoms with van der Waals surface area (Å²) in [5, 5.41) is 0. The molecule has 1 unspecified atom stereocenters. The number of aliphatic imine (C=N–C) groups is 1. The van der Waals surface area contributed by atoms with Crippen LogP contribution in [0.3, 0.4) is 0 Å². The minimum Gasteiger partial charge on any atom is -0.385 e. The lowest BCUT2D eigenvalue weighted by Gasteiger charge is -2.40. The van der Waals surface area contributed by atoms with Crippen LogP contribution in [-0.2, 0) is 4.74 Å². The predicted octanol–water partition coefficient (Wildman–Crippen LogP) is 2.63. The molecule has 1 rings (SSSR count). The topological polar surface area (TPSA) is 47.6 Å². The van der Waals surface area contributed by atoms with Gasteiger partial charge in [-0.3, -0.25) is 4.99 Å². The van der Waals surface area contributed by atoms with Gasteiger partial charge in [0, 0.05) is 5.57 Å². The fourth-order valence-corrected chi connectivity index (χ4v) is 2.00. The van der Waals surface area contributed by atoms with E-state index in [-0.39, 0.29) is 18.0 Å². The number of alkyl halides is 2. The van der Waals surface area contributed by atoms with E-state index < -0.39 is 30.3 Å². The molecule has 0 saturated carbocycles. The number of amidine groups is 1. The molecule has 3 nitrogen and oxygen atoms in total. The number of nitrogens with two attached hydrogens (primary N) is 1. The third-order valence-corrected chi connectivity index (χ3v) is 3.27. The molecule has 1 aliphatic heterocycles. The van der Waals surface area contributed by atoms with Crippen LogP contribution in [0.1, 0.15) is 20.8 Å². The van der Waals surface area contributed by atoms with E-state index in [9.17, 15) is 13.2 Å². The van der Waals surface area contributed by atoms with Gasteiger partial charge in [0.15, 0.2) is 5.60 Å². The van der Waals surface area contributed by atoms with Gasteiger partial charge in [0.2, 0.25) is 0 Å². The van der Waals surface area contributed by atoms with Gasteiger partial charge in [-0.1, -0.05) is 12.2 Å². The molecule has 0 fully saturated rings. The Bertz CT molecular complexity index is 428. The average Bonchev–Trinajstić information content (AvgIpc) is 2.40. The molecule has 0 spiro atoms. The van der Waals surface area contributed by atoms with E-state index >= 15 is 0 Å². The van der Waals surface area contributed by atoms with E-state index in [2.05, 4.69) is 4.99 Å². The number of allylic oxidation sites excluding steroid dienone is 2. The van der Waals surface area contributed by atoms with Crippen molar-refractivity contribution in [3.05, 3.63) is 23.6 Å². The van der Waals surface area contributed by atoms with Gasteiger partial charge in [-0.2, -0.15) is 0 Å². The van der Waals surface area contributed by atoms with Gasteiger partial charge in [-0.15, -0.1) is 0 Å². The van der Waals surface area contributed by atoms with Crippen LogP contribution in [-0.4, -0.2) is 36.9 Å². The molecule has 1 atom stereocenters. The first-order valence-electron chi connectivity index (χ1n) is 5.99. The van der Waals surface area contributed by atoms with Crippen molar-refractivity contribution in [3.8, 4) is 0 Å². The molecule has 1 aliphatic rings. The van der Waals surface area contributed by atoms with Crippen LogP contribution in [0.4, 0.5) is 13.2 Å². The van der Waals surface area contributed by atoms with Crippen molar-refractivity contribution in [2.45, 2.75) is 31.9 Å². The second kappa shape index (κ2) is 5.77. The van der Waals surface area contributed by atoms with Crippen LogP contribution >= 0.6 is 0 Å². The number of ether oxygens (including phenoxy) is 1. The van der Waals surface area contributed by atoms with Gasteiger partial charge in [0.25, 0.3) is 0 Å². The van der Waals surface area contributed by atoms with E-state index in [0.29, 0.717) is 0 Å². The lowest BCUT2D eigenvalue weighted by molar-refractivity contribution is -0.0503. The summed E-state index contributed by atoms with van der Waals surface area (Å²) < 4.78 is 44.9. The molecule has 0 aromatic carbocycles. The zero-order chi connectivity index (χ0) is 14.7. The summed E-state index contributed by atoms with van der Waals surface area (Å²) >= 11 is 0. The second-order valence-electron chi connectivity index (χ2n) is 4.66. The van der Waals surface area contributed by atoms with E-state index in [4.69, 9.17) is 10.5 Å². The monoisotopic (exact) mass is 276 g/mol. The third-order valence-electron chi connectivity index (χ3n) is 3.27. The van der Waals surface area contributed by atoms with Gasteiger partial charge in [0.05, 0.1) is 6.61 Å². The van der Waals surface area contributed by atoms with E-state index in [1.165, 1.54) is 6.08 Å². The molecule has 0 saturated heterocycles. The highest BCUT2D eigenvalue weighted by Crippen LogP contribution is 2.34. The van der Waals surface area contributed by atoms with Gasteiger partial charge in [-0.05, 0) is 20.8 Å². The molecule has 0 bridgehead atoms. The highest BCUT2D eigenvalue weighted by molar-refractivity contribution is 5.90.